The van der Waals surface area contributed by atoms with Crippen molar-refractivity contribution in [2.75, 3.05) is 26.2 Å². The normalized spacial score (nSPS) is 17.0. The minimum atomic E-state index is 0.744. The number of aromatic nitrogens is 1. The van der Waals surface area contributed by atoms with Crippen LogP contribution in [0.2, 0.25) is 10.0 Å². The highest BCUT2D eigenvalue weighted by molar-refractivity contribution is 6.35. The maximum absolute atomic E-state index is 6.25. The molecular weight excluding hydrogens is 321 g/mol. The van der Waals surface area contributed by atoms with Gasteiger partial charge in [0, 0.05) is 60.9 Å². The number of hydrogen-bond donors (Lipinski definition) is 0. The van der Waals surface area contributed by atoms with Crippen LogP contribution in [0.3, 0.4) is 0 Å². The number of benzene rings is 1. The third-order valence-corrected chi connectivity index (χ3v) is 4.68. The summed E-state index contributed by atoms with van der Waals surface area (Å²) in [6.07, 6.45) is 0. The van der Waals surface area contributed by atoms with E-state index < -0.39 is 0 Å². The average molecular weight is 340 g/mol. The number of nitrogens with zero attached hydrogens (tertiary/aromatic N) is 3. The third-order valence-electron chi connectivity index (χ3n) is 3.97. The van der Waals surface area contributed by atoms with Gasteiger partial charge in [0.1, 0.15) is 5.76 Å². The van der Waals surface area contributed by atoms with Crippen LogP contribution in [0.5, 0.6) is 0 Å². The van der Waals surface area contributed by atoms with Gasteiger partial charge in [0.25, 0.3) is 0 Å². The predicted molar refractivity (Wildman–Crippen MR) is 88.3 cm³/mol. The Hall–Kier alpha value is -1.07. The summed E-state index contributed by atoms with van der Waals surface area (Å²) in [4.78, 5) is 4.78. The zero-order valence-electron chi connectivity index (χ0n) is 12.6. The lowest BCUT2D eigenvalue weighted by Gasteiger charge is -2.34. The monoisotopic (exact) mass is 339 g/mol. The highest BCUT2D eigenvalue weighted by atomic mass is 35.5. The first-order valence-electron chi connectivity index (χ1n) is 7.41. The summed E-state index contributed by atoms with van der Waals surface area (Å²) in [7, 11) is 0. The summed E-state index contributed by atoms with van der Waals surface area (Å²) in [6, 6.07) is 7.67. The number of halogens is 2. The van der Waals surface area contributed by atoms with E-state index in [1.807, 2.05) is 31.2 Å². The topological polar surface area (TPSA) is 32.5 Å². The van der Waals surface area contributed by atoms with Crippen LogP contribution >= 0.6 is 23.2 Å². The second-order valence-corrected chi connectivity index (χ2v) is 6.50. The Bertz CT molecular complexity index is 616. The van der Waals surface area contributed by atoms with Crippen molar-refractivity contribution in [2.45, 2.75) is 20.0 Å². The molecule has 1 aromatic carbocycles. The molecule has 3 rings (SSSR count). The SMILES string of the molecule is Cc1cc(CN2CCN(Cc3c(Cl)cccc3Cl)CC2)no1. The van der Waals surface area contributed by atoms with Gasteiger partial charge in [-0.25, -0.2) is 0 Å². The van der Waals surface area contributed by atoms with Crippen LogP contribution in [0.25, 0.3) is 0 Å². The molecule has 1 fully saturated rings. The Morgan fingerprint density at radius 2 is 1.64 bits per heavy atom. The van der Waals surface area contributed by atoms with Crippen molar-refractivity contribution in [1.29, 1.82) is 0 Å². The maximum atomic E-state index is 6.25. The van der Waals surface area contributed by atoms with Gasteiger partial charge in [0.2, 0.25) is 0 Å². The van der Waals surface area contributed by atoms with E-state index >= 15 is 0 Å². The first-order valence-corrected chi connectivity index (χ1v) is 8.17. The zero-order chi connectivity index (χ0) is 15.5. The molecular formula is C16H19Cl2N3O. The van der Waals surface area contributed by atoms with Gasteiger partial charge in [-0.2, -0.15) is 0 Å². The minimum absolute atomic E-state index is 0.744. The van der Waals surface area contributed by atoms with Crippen LogP contribution in [-0.4, -0.2) is 41.1 Å². The van der Waals surface area contributed by atoms with Crippen molar-refractivity contribution in [3.63, 3.8) is 0 Å². The molecule has 2 heterocycles. The summed E-state index contributed by atoms with van der Waals surface area (Å²) < 4.78 is 5.12. The molecule has 0 amide bonds. The molecule has 22 heavy (non-hydrogen) atoms. The number of aryl methyl sites for hydroxylation is 1. The molecule has 0 bridgehead atoms. The van der Waals surface area contributed by atoms with Gasteiger partial charge in [-0.05, 0) is 19.1 Å². The van der Waals surface area contributed by atoms with Gasteiger partial charge in [-0.1, -0.05) is 34.4 Å². The fraction of sp³-hybridized carbons (Fsp3) is 0.438. The summed E-state index contributed by atoms with van der Waals surface area (Å²) >= 11 is 12.5. The van der Waals surface area contributed by atoms with E-state index in [2.05, 4.69) is 15.0 Å². The Balaban J connectivity index is 1.53. The van der Waals surface area contributed by atoms with Crippen LogP contribution in [0, 0.1) is 6.92 Å². The van der Waals surface area contributed by atoms with Crippen molar-refractivity contribution in [3.8, 4) is 0 Å². The number of piperazine rings is 1. The standard InChI is InChI=1S/C16H19Cl2N3O/c1-12-9-13(19-22-12)10-20-5-7-21(8-6-20)11-14-15(17)3-2-4-16(14)18/h2-4,9H,5-8,10-11H2,1H3. The van der Waals surface area contributed by atoms with Crippen LogP contribution < -0.4 is 0 Å². The molecule has 1 aromatic heterocycles. The van der Waals surface area contributed by atoms with E-state index in [0.717, 1.165) is 66.3 Å². The molecule has 6 heteroatoms. The van der Waals surface area contributed by atoms with Crippen molar-refractivity contribution >= 4 is 23.2 Å². The molecule has 0 N–H and O–H groups in total. The lowest BCUT2D eigenvalue weighted by Crippen LogP contribution is -2.45. The molecule has 0 spiro atoms. The first kappa shape index (κ1) is 15.8. The lowest BCUT2D eigenvalue weighted by atomic mass is 10.2. The number of hydrogen-bond acceptors (Lipinski definition) is 4. The fourth-order valence-corrected chi connectivity index (χ4v) is 3.25. The molecule has 1 saturated heterocycles. The van der Waals surface area contributed by atoms with Crippen LogP contribution in [-0.2, 0) is 13.1 Å². The second kappa shape index (κ2) is 7.01. The Morgan fingerprint density at radius 1 is 1.05 bits per heavy atom. The Labute approximate surface area is 140 Å². The van der Waals surface area contributed by atoms with Crippen molar-refractivity contribution < 1.29 is 4.52 Å². The minimum Gasteiger partial charge on any atom is -0.361 e. The van der Waals surface area contributed by atoms with Crippen LogP contribution in [0.1, 0.15) is 17.0 Å². The maximum Gasteiger partial charge on any atom is 0.133 e. The molecule has 0 radical (unpaired) electrons. The molecule has 0 saturated carbocycles. The molecule has 0 atom stereocenters. The third kappa shape index (κ3) is 3.82. The highest BCUT2D eigenvalue weighted by Crippen LogP contribution is 2.26. The summed E-state index contributed by atoms with van der Waals surface area (Å²) in [5.41, 5.74) is 2.02. The number of rotatable bonds is 4. The van der Waals surface area contributed by atoms with Crippen molar-refractivity contribution in [3.05, 3.63) is 51.3 Å². The van der Waals surface area contributed by atoms with Gasteiger partial charge in [-0.15, -0.1) is 0 Å². The van der Waals surface area contributed by atoms with E-state index in [9.17, 15) is 0 Å². The largest absolute Gasteiger partial charge is 0.361 e. The average Bonchev–Trinajstić information content (AvgIpc) is 2.90. The summed E-state index contributed by atoms with van der Waals surface area (Å²) in [6.45, 7) is 7.58. The molecule has 2 aromatic rings. The molecule has 4 nitrogen and oxygen atoms in total. The van der Waals surface area contributed by atoms with Crippen LogP contribution in [0.15, 0.2) is 28.8 Å². The predicted octanol–water partition coefficient (Wildman–Crippen LogP) is 3.61. The molecule has 0 unspecified atom stereocenters. The molecule has 0 aliphatic carbocycles. The lowest BCUT2D eigenvalue weighted by molar-refractivity contribution is 0.120. The molecule has 118 valence electrons. The second-order valence-electron chi connectivity index (χ2n) is 5.68. The smallest absolute Gasteiger partial charge is 0.133 e. The van der Waals surface area contributed by atoms with Gasteiger partial charge in [-0.3, -0.25) is 9.80 Å². The first-order chi connectivity index (χ1) is 10.6. The van der Waals surface area contributed by atoms with Gasteiger partial charge < -0.3 is 4.52 Å². The van der Waals surface area contributed by atoms with E-state index in [4.69, 9.17) is 27.7 Å². The van der Waals surface area contributed by atoms with Crippen molar-refractivity contribution in [1.82, 2.24) is 15.0 Å². The quantitative estimate of drug-likeness (QED) is 0.851. The van der Waals surface area contributed by atoms with Crippen LogP contribution in [0.4, 0.5) is 0 Å². The van der Waals surface area contributed by atoms with Crippen molar-refractivity contribution in [2.24, 2.45) is 0 Å². The van der Waals surface area contributed by atoms with Gasteiger partial charge >= 0.3 is 0 Å². The van der Waals surface area contributed by atoms with Gasteiger partial charge in [0.15, 0.2) is 0 Å². The van der Waals surface area contributed by atoms with Gasteiger partial charge in [0.05, 0.1) is 5.69 Å². The van der Waals surface area contributed by atoms with E-state index in [1.165, 1.54) is 0 Å². The Morgan fingerprint density at radius 3 is 2.18 bits per heavy atom. The molecule has 1 aliphatic heterocycles. The van der Waals surface area contributed by atoms with E-state index in [0.29, 0.717) is 0 Å². The highest BCUT2D eigenvalue weighted by Gasteiger charge is 2.19. The van der Waals surface area contributed by atoms with E-state index in [1.54, 1.807) is 0 Å². The van der Waals surface area contributed by atoms with E-state index in [-0.39, 0.29) is 0 Å². The Kier molecular flexibility index (Phi) is 5.03. The summed E-state index contributed by atoms with van der Waals surface area (Å²) in [5.74, 6) is 0.863. The molecule has 1 aliphatic rings. The fourth-order valence-electron chi connectivity index (χ4n) is 2.73. The summed E-state index contributed by atoms with van der Waals surface area (Å²) in [5, 5.41) is 5.54. The zero-order valence-corrected chi connectivity index (χ0v) is 14.1.